The van der Waals surface area contributed by atoms with Crippen LogP contribution in [0.15, 0.2) is 12.3 Å². The van der Waals surface area contributed by atoms with Crippen LogP contribution in [0.2, 0.25) is 0 Å². The van der Waals surface area contributed by atoms with Crippen LogP contribution in [-0.2, 0) is 16.0 Å². The van der Waals surface area contributed by atoms with Crippen molar-refractivity contribution in [3.8, 4) is 0 Å². The quantitative estimate of drug-likeness (QED) is 0.863. The summed E-state index contributed by atoms with van der Waals surface area (Å²) in [5.74, 6) is 0.321. The molecule has 2 fully saturated rings. The molecule has 0 unspecified atom stereocenters. The predicted octanol–water partition coefficient (Wildman–Crippen LogP) is 2.05. The van der Waals surface area contributed by atoms with Gasteiger partial charge in [0.2, 0.25) is 0 Å². The molecule has 1 aliphatic heterocycles. The molecule has 3 atom stereocenters. The largest absolute Gasteiger partial charge is 0.464 e. The van der Waals surface area contributed by atoms with Crippen LogP contribution in [0.4, 0.5) is 0 Å². The maximum absolute atomic E-state index is 11.5. The van der Waals surface area contributed by atoms with E-state index >= 15 is 0 Å². The van der Waals surface area contributed by atoms with Gasteiger partial charge in [0.25, 0.3) is 0 Å². The van der Waals surface area contributed by atoms with Crippen LogP contribution in [0.5, 0.6) is 0 Å². The summed E-state index contributed by atoms with van der Waals surface area (Å²) in [4.78, 5) is 16.8. The lowest BCUT2D eigenvalue weighted by Crippen LogP contribution is -2.65. The highest BCUT2D eigenvalue weighted by Gasteiger charge is 2.60. The first-order valence-corrected chi connectivity index (χ1v) is 7.52. The third kappa shape index (κ3) is 2.28. The fourth-order valence-electron chi connectivity index (χ4n) is 4.34. The van der Waals surface area contributed by atoms with Crippen molar-refractivity contribution in [1.29, 1.82) is 0 Å². The van der Waals surface area contributed by atoms with E-state index in [4.69, 9.17) is 9.47 Å². The third-order valence-electron chi connectivity index (χ3n) is 5.09. The molecule has 5 heteroatoms. The zero-order chi connectivity index (χ0) is 15.2. The summed E-state index contributed by atoms with van der Waals surface area (Å²) >= 11 is 0. The van der Waals surface area contributed by atoms with Crippen molar-refractivity contribution >= 4 is 5.97 Å². The van der Waals surface area contributed by atoms with Gasteiger partial charge in [0, 0.05) is 36.7 Å². The number of carbonyl (C=O) groups is 1. The van der Waals surface area contributed by atoms with Crippen molar-refractivity contribution in [2.75, 3.05) is 20.8 Å². The Morgan fingerprint density at radius 1 is 1.57 bits per heavy atom. The fourth-order valence-corrected chi connectivity index (χ4v) is 4.34. The van der Waals surface area contributed by atoms with E-state index in [2.05, 4.69) is 30.8 Å². The van der Waals surface area contributed by atoms with Gasteiger partial charge in [0.05, 0.1) is 13.2 Å². The maximum atomic E-state index is 11.5. The molecule has 1 saturated heterocycles. The molecule has 0 aromatic carbocycles. The number of nitrogens with one attached hydrogen (secondary N) is 1. The number of methoxy groups -OCH3 is 1. The lowest BCUT2D eigenvalue weighted by atomic mass is 9.57. The summed E-state index contributed by atoms with van der Waals surface area (Å²) in [6, 6.07) is 2.40. The maximum Gasteiger partial charge on any atom is 0.354 e. The molecule has 5 nitrogen and oxygen atoms in total. The van der Waals surface area contributed by atoms with Crippen molar-refractivity contribution in [2.24, 2.45) is 11.3 Å². The number of aromatic amines is 1. The number of nitrogens with zero attached hydrogens (tertiary/aromatic N) is 1. The van der Waals surface area contributed by atoms with Crippen LogP contribution in [0.1, 0.15) is 36.3 Å². The molecule has 1 aromatic heterocycles. The molecule has 21 heavy (non-hydrogen) atoms. The first kappa shape index (κ1) is 14.6. The lowest BCUT2D eigenvalue weighted by Gasteiger charge is -2.58. The SMILES string of the molecule is COC(=O)c1cc(CN(C)[C@@H]2[C@@H]3CCO[C@H]3C2(C)C)c[nH]1. The Balaban J connectivity index is 1.68. The summed E-state index contributed by atoms with van der Waals surface area (Å²) in [7, 11) is 3.55. The number of hydrogen-bond acceptors (Lipinski definition) is 4. The zero-order valence-corrected chi connectivity index (χ0v) is 13.2. The van der Waals surface area contributed by atoms with E-state index in [0.717, 1.165) is 25.1 Å². The first-order chi connectivity index (χ1) is 9.95. The topological polar surface area (TPSA) is 54.6 Å². The second-order valence-electron chi connectivity index (χ2n) is 6.84. The Hall–Kier alpha value is -1.33. The summed E-state index contributed by atoms with van der Waals surface area (Å²) in [6.45, 7) is 6.29. The lowest BCUT2D eigenvalue weighted by molar-refractivity contribution is -0.151. The molecule has 116 valence electrons. The van der Waals surface area contributed by atoms with Gasteiger partial charge in [-0.25, -0.2) is 4.79 Å². The number of fused-ring (bicyclic) bond motifs is 1. The molecule has 1 aromatic rings. The zero-order valence-electron chi connectivity index (χ0n) is 13.2. The molecule has 2 heterocycles. The van der Waals surface area contributed by atoms with E-state index < -0.39 is 0 Å². The number of ether oxygens (including phenoxy) is 2. The number of carbonyl (C=O) groups excluding carboxylic acids is 1. The molecule has 1 N–H and O–H groups in total. The van der Waals surface area contributed by atoms with Crippen LogP contribution >= 0.6 is 0 Å². The molecular formula is C16H24N2O3. The molecule has 0 amide bonds. The average Bonchev–Trinajstić information content (AvgIpc) is 3.05. The number of H-pyrrole nitrogens is 1. The fraction of sp³-hybridized carbons (Fsp3) is 0.688. The molecule has 0 bridgehead atoms. The van der Waals surface area contributed by atoms with Crippen LogP contribution in [-0.4, -0.2) is 48.8 Å². The number of rotatable bonds is 4. The Morgan fingerprint density at radius 3 is 3.05 bits per heavy atom. The van der Waals surface area contributed by atoms with E-state index in [-0.39, 0.29) is 11.4 Å². The number of aromatic nitrogens is 1. The minimum Gasteiger partial charge on any atom is -0.464 e. The Morgan fingerprint density at radius 2 is 2.33 bits per heavy atom. The first-order valence-electron chi connectivity index (χ1n) is 7.52. The molecule has 0 spiro atoms. The van der Waals surface area contributed by atoms with Gasteiger partial charge < -0.3 is 14.5 Å². The number of hydrogen-bond donors (Lipinski definition) is 1. The van der Waals surface area contributed by atoms with Crippen LogP contribution in [0.25, 0.3) is 0 Å². The third-order valence-corrected chi connectivity index (χ3v) is 5.09. The Kier molecular flexibility index (Phi) is 3.58. The summed E-state index contributed by atoms with van der Waals surface area (Å²) < 4.78 is 10.6. The Bertz CT molecular complexity index is 537. The van der Waals surface area contributed by atoms with Crippen molar-refractivity contribution in [3.05, 3.63) is 23.5 Å². The van der Waals surface area contributed by atoms with Crippen molar-refractivity contribution < 1.29 is 14.3 Å². The van der Waals surface area contributed by atoms with E-state index in [1.807, 2.05) is 12.3 Å². The van der Waals surface area contributed by atoms with Gasteiger partial charge in [-0.15, -0.1) is 0 Å². The second-order valence-corrected chi connectivity index (χ2v) is 6.84. The normalized spacial score (nSPS) is 30.0. The van der Waals surface area contributed by atoms with Gasteiger partial charge in [-0.2, -0.15) is 0 Å². The highest BCUT2D eigenvalue weighted by molar-refractivity contribution is 5.87. The van der Waals surface area contributed by atoms with Gasteiger partial charge in [0.1, 0.15) is 5.69 Å². The van der Waals surface area contributed by atoms with Crippen LogP contribution in [0.3, 0.4) is 0 Å². The van der Waals surface area contributed by atoms with Crippen LogP contribution in [0, 0.1) is 11.3 Å². The highest BCUT2D eigenvalue weighted by Crippen LogP contribution is 2.54. The van der Waals surface area contributed by atoms with Gasteiger partial charge in [-0.3, -0.25) is 4.90 Å². The standard InChI is InChI=1S/C16H24N2O3/c1-16(2)13(11-5-6-21-14(11)16)18(3)9-10-7-12(17-8-10)15(19)20-4/h7-8,11,13-14,17H,5-6,9H2,1-4H3/t11-,13+,14+/m0/s1. The van der Waals surface area contributed by atoms with E-state index in [1.165, 1.54) is 7.11 Å². The highest BCUT2D eigenvalue weighted by atomic mass is 16.5. The van der Waals surface area contributed by atoms with Gasteiger partial charge in [0.15, 0.2) is 0 Å². The summed E-state index contributed by atoms with van der Waals surface area (Å²) in [5, 5.41) is 0. The molecular weight excluding hydrogens is 268 g/mol. The molecule has 2 aliphatic rings. The van der Waals surface area contributed by atoms with Gasteiger partial charge in [-0.1, -0.05) is 13.8 Å². The monoisotopic (exact) mass is 292 g/mol. The predicted molar refractivity (Wildman–Crippen MR) is 79.0 cm³/mol. The molecule has 1 saturated carbocycles. The van der Waals surface area contributed by atoms with Crippen molar-refractivity contribution in [1.82, 2.24) is 9.88 Å². The average molecular weight is 292 g/mol. The molecule has 1 aliphatic carbocycles. The van der Waals surface area contributed by atoms with Gasteiger partial charge in [-0.05, 0) is 25.1 Å². The molecule has 3 rings (SSSR count). The second kappa shape index (κ2) is 5.14. The smallest absolute Gasteiger partial charge is 0.354 e. The molecule has 0 radical (unpaired) electrons. The van der Waals surface area contributed by atoms with Gasteiger partial charge >= 0.3 is 5.97 Å². The van der Waals surface area contributed by atoms with E-state index in [9.17, 15) is 4.79 Å². The van der Waals surface area contributed by atoms with Crippen molar-refractivity contribution in [3.63, 3.8) is 0 Å². The van der Waals surface area contributed by atoms with E-state index in [1.54, 1.807) is 0 Å². The number of esters is 1. The summed E-state index contributed by atoms with van der Waals surface area (Å²) in [5.41, 5.74) is 1.81. The minimum atomic E-state index is -0.322. The minimum absolute atomic E-state index is 0.192. The van der Waals surface area contributed by atoms with Crippen LogP contribution < -0.4 is 0 Å². The summed E-state index contributed by atoms with van der Waals surface area (Å²) in [6.07, 6.45) is 3.45. The Labute approximate surface area is 125 Å². The van der Waals surface area contributed by atoms with Crippen molar-refractivity contribution in [2.45, 2.75) is 39.0 Å². The van der Waals surface area contributed by atoms with E-state index in [0.29, 0.717) is 23.8 Å².